The minimum atomic E-state index is -0.125. The van der Waals surface area contributed by atoms with Crippen LogP contribution < -0.4 is 10.6 Å². The number of urea groups is 1. The first-order valence-corrected chi connectivity index (χ1v) is 9.61. The average Bonchev–Trinajstić information content (AvgIpc) is 2.92. The van der Waals surface area contributed by atoms with Crippen molar-refractivity contribution >= 4 is 23.1 Å². The van der Waals surface area contributed by atoms with E-state index in [0.29, 0.717) is 6.54 Å². The van der Waals surface area contributed by atoms with E-state index in [1.807, 2.05) is 30.4 Å². The summed E-state index contributed by atoms with van der Waals surface area (Å²) in [7, 11) is 0. The van der Waals surface area contributed by atoms with Gasteiger partial charge in [0.15, 0.2) is 0 Å². The Kier molecular flexibility index (Phi) is 5.24. The molecule has 128 valence electrons. The van der Waals surface area contributed by atoms with Gasteiger partial charge in [-0.1, -0.05) is 24.6 Å². The number of hydrogen-bond donors (Lipinski definition) is 2. The third kappa shape index (κ3) is 3.99. The number of carbonyl (C=O) groups excluding carboxylic acids is 1. The third-order valence-electron chi connectivity index (χ3n) is 4.80. The Balaban J connectivity index is 1.51. The van der Waals surface area contributed by atoms with E-state index in [1.165, 1.54) is 30.4 Å². The van der Waals surface area contributed by atoms with Gasteiger partial charge in [-0.25, -0.2) is 4.79 Å². The fourth-order valence-corrected chi connectivity index (χ4v) is 4.69. The molecule has 0 unspecified atom stereocenters. The van der Waals surface area contributed by atoms with Crippen molar-refractivity contribution < 1.29 is 4.79 Å². The van der Waals surface area contributed by atoms with Crippen molar-refractivity contribution in [3.63, 3.8) is 0 Å². The van der Waals surface area contributed by atoms with Crippen LogP contribution in [0.1, 0.15) is 40.5 Å². The van der Waals surface area contributed by atoms with Crippen LogP contribution in [0.15, 0.2) is 23.6 Å². The maximum atomic E-state index is 12.1. The highest BCUT2D eigenvalue weighted by Crippen LogP contribution is 2.32. The Hall–Kier alpha value is -1.81. The molecule has 0 radical (unpaired) electrons. The Morgan fingerprint density at radius 2 is 2.17 bits per heavy atom. The molecule has 1 heterocycles. The molecule has 2 aromatic rings. The number of benzene rings is 1. The second-order valence-corrected chi connectivity index (χ2v) is 7.92. The standard InChI is InChI=1S/C20H26N2OS/c1-13-5-7-18(15(3)10-13)22-20(23)21-9-8-16-12-24-19-11-14(2)4-6-17(16)19/h5,7,10,12,14H,4,6,8-9,11H2,1-3H3,(H2,21,22,23)/t14-/m0/s1. The summed E-state index contributed by atoms with van der Waals surface area (Å²) in [6.07, 6.45) is 4.63. The number of nitrogens with one attached hydrogen (secondary N) is 2. The van der Waals surface area contributed by atoms with Gasteiger partial charge in [-0.2, -0.15) is 0 Å². The second-order valence-electron chi connectivity index (χ2n) is 6.96. The first-order valence-electron chi connectivity index (χ1n) is 8.73. The zero-order chi connectivity index (χ0) is 17.1. The number of rotatable bonds is 4. The van der Waals surface area contributed by atoms with Crippen LogP contribution in [-0.4, -0.2) is 12.6 Å². The lowest BCUT2D eigenvalue weighted by atomic mass is 9.88. The molecule has 2 N–H and O–H groups in total. The zero-order valence-electron chi connectivity index (χ0n) is 14.7. The van der Waals surface area contributed by atoms with E-state index in [0.717, 1.165) is 23.6 Å². The maximum absolute atomic E-state index is 12.1. The predicted octanol–water partition coefficient (Wildman–Crippen LogP) is 4.85. The van der Waals surface area contributed by atoms with Crippen LogP contribution in [0.4, 0.5) is 10.5 Å². The lowest BCUT2D eigenvalue weighted by Crippen LogP contribution is -2.30. The van der Waals surface area contributed by atoms with E-state index in [4.69, 9.17) is 0 Å². The van der Waals surface area contributed by atoms with Crippen molar-refractivity contribution in [2.75, 3.05) is 11.9 Å². The molecule has 1 aromatic carbocycles. The largest absolute Gasteiger partial charge is 0.338 e. The summed E-state index contributed by atoms with van der Waals surface area (Å²) in [5.41, 5.74) is 6.14. The van der Waals surface area contributed by atoms with Gasteiger partial charge >= 0.3 is 6.03 Å². The minimum absolute atomic E-state index is 0.125. The van der Waals surface area contributed by atoms with E-state index < -0.39 is 0 Å². The van der Waals surface area contributed by atoms with Gasteiger partial charge in [0.1, 0.15) is 0 Å². The summed E-state index contributed by atoms with van der Waals surface area (Å²) in [6, 6.07) is 5.93. The molecular formula is C20H26N2OS. The molecule has 4 heteroatoms. The third-order valence-corrected chi connectivity index (χ3v) is 5.90. The molecule has 2 amide bonds. The fourth-order valence-electron chi connectivity index (χ4n) is 3.39. The molecule has 1 aromatic heterocycles. The summed E-state index contributed by atoms with van der Waals surface area (Å²) in [6.45, 7) is 7.08. The van der Waals surface area contributed by atoms with Crippen molar-refractivity contribution in [1.29, 1.82) is 0 Å². The SMILES string of the molecule is Cc1ccc(NC(=O)NCCc2csc3c2CC[C@H](C)C3)c(C)c1. The molecule has 0 spiro atoms. The average molecular weight is 343 g/mol. The number of thiophene rings is 1. The molecule has 1 aliphatic rings. The molecule has 3 nitrogen and oxygen atoms in total. The van der Waals surface area contributed by atoms with Gasteiger partial charge in [0.2, 0.25) is 0 Å². The zero-order valence-corrected chi connectivity index (χ0v) is 15.6. The van der Waals surface area contributed by atoms with Crippen LogP contribution >= 0.6 is 11.3 Å². The molecular weight excluding hydrogens is 316 g/mol. The second kappa shape index (κ2) is 7.39. The molecule has 0 saturated carbocycles. The molecule has 0 aliphatic heterocycles. The quantitative estimate of drug-likeness (QED) is 0.819. The summed E-state index contributed by atoms with van der Waals surface area (Å²) < 4.78 is 0. The minimum Gasteiger partial charge on any atom is -0.338 e. The topological polar surface area (TPSA) is 41.1 Å². The molecule has 3 rings (SSSR count). The van der Waals surface area contributed by atoms with Crippen LogP contribution in [0.3, 0.4) is 0 Å². The number of hydrogen-bond acceptors (Lipinski definition) is 2. The highest BCUT2D eigenvalue weighted by molar-refractivity contribution is 7.10. The van der Waals surface area contributed by atoms with Crippen LogP contribution in [0.5, 0.6) is 0 Å². The van der Waals surface area contributed by atoms with Gasteiger partial charge in [-0.15, -0.1) is 11.3 Å². The molecule has 24 heavy (non-hydrogen) atoms. The molecule has 1 aliphatic carbocycles. The Labute approximate surface area is 148 Å². The van der Waals surface area contributed by atoms with Crippen molar-refractivity contribution in [1.82, 2.24) is 5.32 Å². The smallest absolute Gasteiger partial charge is 0.319 e. The molecule has 0 bridgehead atoms. The maximum Gasteiger partial charge on any atom is 0.319 e. The van der Waals surface area contributed by atoms with Crippen LogP contribution in [0.2, 0.25) is 0 Å². The van der Waals surface area contributed by atoms with Gasteiger partial charge in [-0.05, 0) is 73.6 Å². The van der Waals surface area contributed by atoms with Crippen LogP contribution in [0, 0.1) is 19.8 Å². The van der Waals surface area contributed by atoms with E-state index in [9.17, 15) is 4.79 Å². The van der Waals surface area contributed by atoms with E-state index >= 15 is 0 Å². The van der Waals surface area contributed by atoms with Gasteiger partial charge in [-0.3, -0.25) is 0 Å². The molecule has 1 atom stereocenters. The number of amides is 2. The monoisotopic (exact) mass is 342 g/mol. The van der Waals surface area contributed by atoms with Crippen LogP contribution in [-0.2, 0) is 19.3 Å². The fraction of sp³-hybridized carbons (Fsp3) is 0.450. The number of anilines is 1. The van der Waals surface area contributed by atoms with Gasteiger partial charge < -0.3 is 10.6 Å². The first-order chi connectivity index (χ1) is 11.5. The Bertz CT molecular complexity index is 735. The molecule has 0 fully saturated rings. The summed E-state index contributed by atoms with van der Waals surface area (Å²) in [4.78, 5) is 13.6. The van der Waals surface area contributed by atoms with E-state index in [1.54, 1.807) is 10.4 Å². The van der Waals surface area contributed by atoms with Crippen molar-refractivity contribution in [2.24, 2.45) is 5.92 Å². The van der Waals surface area contributed by atoms with Gasteiger partial charge in [0, 0.05) is 17.1 Å². The van der Waals surface area contributed by atoms with Crippen molar-refractivity contribution in [2.45, 2.75) is 46.5 Å². The van der Waals surface area contributed by atoms with Crippen LogP contribution in [0.25, 0.3) is 0 Å². The number of fused-ring (bicyclic) bond motifs is 1. The normalized spacial score (nSPS) is 16.5. The summed E-state index contributed by atoms with van der Waals surface area (Å²) in [5, 5.41) is 8.20. The predicted molar refractivity (Wildman–Crippen MR) is 102 cm³/mol. The lowest BCUT2D eigenvalue weighted by molar-refractivity contribution is 0.252. The highest BCUT2D eigenvalue weighted by atomic mass is 32.1. The summed E-state index contributed by atoms with van der Waals surface area (Å²) >= 11 is 1.89. The summed E-state index contributed by atoms with van der Waals surface area (Å²) in [5.74, 6) is 0.811. The number of carbonyl (C=O) groups is 1. The van der Waals surface area contributed by atoms with Crippen molar-refractivity contribution in [3.05, 3.63) is 50.7 Å². The first kappa shape index (κ1) is 17.0. The van der Waals surface area contributed by atoms with Gasteiger partial charge in [0.25, 0.3) is 0 Å². The van der Waals surface area contributed by atoms with E-state index in [2.05, 4.69) is 35.9 Å². The Morgan fingerprint density at radius 1 is 1.33 bits per heavy atom. The van der Waals surface area contributed by atoms with E-state index in [-0.39, 0.29) is 6.03 Å². The number of aryl methyl sites for hydroxylation is 2. The van der Waals surface area contributed by atoms with Gasteiger partial charge in [0.05, 0.1) is 0 Å². The Morgan fingerprint density at radius 3 is 2.96 bits per heavy atom. The highest BCUT2D eigenvalue weighted by Gasteiger charge is 2.19. The lowest BCUT2D eigenvalue weighted by Gasteiger charge is -2.19. The molecule has 0 saturated heterocycles. The van der Waals surface area contributed by atoms with Crippen molar-refractivity contribution in [3.8, 4) is 0 Å².